The molecule has 0 aliphatic rings. The molecule has 2 rings (SSSR count). The van der Waals surface area contributed by atoms with Gasteiger partial charge in [-0.3, -0.25) is 0 Å². The van der Waals surface area contributed by atoms with Crippen molar-refractivity contribution in [2.75, 3.05) is 12.4 Å². The molecule has 0 fully saturated rings. The second-order valence-corrected chi connectivity index (χ2v) is 2.80. The minimum Gasteiger partial charge on any atom is -0.355 e. The topological polar surface area (TPSA) is 63.6 Å². The summed E-state index contributed by atoms with van der Waals surface area (Å²) in [7, 11) is 1.68. The predicted octanol–water partition coefficient (Wildman–Crippen LogP) is 1.11. The van der Waals surface area contributed by atoms with Crippen LogP contribution in [-0.4, -0.2) is 27.4 Å². The summed E-state index contributed by atoms with van der Waals surface area (Å²) < 4.78 is 12.6. The zero-order valence-electron chi connectivity index (χ0n) is 7.98. The van der Waals surface area contributed by atoms with Crippen molar-refractivity contribution in [1.29, 1.82) is 0 Å². The first kappa shape index (κ1) is 9.45. The van der Waals surface area contributed by atoms with Gasteiger partial charge >= 0.3 is 0 Å². The monoisotopic (exact) mass is 205 g/mol. The first-order chi connectivity index (χ1) is 7.29. The molecule has 15 heavy (non-hydrogen) atoms. The molecule has 1 aromatic carbocycles. The van der Waals surface area contributed by atoms with Gasteiger partial charge in [0.2, 0.25) is 5.82 Å². The van der Waals surface area contributed by atoms with Crippen molar-refractivity contribution >= 4 is 5.95 Å². The Kier molecular flexibility index (Phi) is 2.49. The highest BCUT2D eigenvalue weighted by molar-refractivity contribution is 5.53. The Morgan fingerprint density at radius 2 is 1.60 bits per heavy atom. The molecule has 6 heteroatoms. The third kappa shape index (κ3) is 2.04. The lowest BCUT2D eigenvalue weighted by Gasteiger charge is -1.98. The summed E-state index contributed by atoms with van der Waals surface area (Å²) in [6, 6.07) is 5.83. The van der Waals surface area contributed by atoms with E-state index in [1.54, 1.807) is 19.2 Å². The molecular formula is C9H8FN5. The van der Waals surface area contributed by atoms with Gasteiger partial charge in [-0.1, -0.05) is 0 Å². The maximum atomic E-state index is 12.6. The van der Waals surface area contributed by atoms with E-state index in [-0.39, 0.29) is 5.82 Å². The number of halogens is 1. The van der Waals surface area contributed by atoms with E-state index >= 15 is 0 Å². The molecule has 0 bridgehead atoms. The van der Waals surface area contributed by atoms with Crippen molar-refractivity contribution in [2.45, 2.75) is 0 Å². The van der Waals surface area contributed by atoms with Crippen LogP contribution in [0, 0.1) is 5.82 Å². The highest BCUT2D eigenvalue weighted by Crippen LogP contribution is 2.13. The van der Waals surface area contributed by atoms with Crippen molar-refractivity contribution < 1.29 is 4.39 Å². The molecule has 1 N–H and O–H groups in total. The summed E-state index contributed by atoms with van der Waals surface area (Å²) in [5, 5.41) is 17.9. The van der Waals surface area contributed by atoms with E-state index < -0.39 is 0 Å². The summed E-state index contributed by atoms with van der Waals surface area (Å²) >= 11 is 0. The van der Waals surface area contributed by atoms with Crippen LogP contribution in [0.15, 0.2) is 24.3 Å². The number of nitrogens with one attached hydrogen (secondary N) is 1. The van der Waals surface area contributed by atoms with Crippen LogP contribution in [-0.2, 0) is 0 Å². The Bertz CT molecular complexity index is 439. The van der Waals surface area contributed by atoms with Gasteiger partial charge in [-0.25, -0.2) is 4.39 Å². The number of aromatic nitrogens is 4. The fourth-order valence-electron chi connectivity index (χ4n) is 1.04. The zero-order chi connectivity index (χ0) is 10.7. The van der Waals surface area contributed by atoms with Crippen LogP contribution in [0.2, 0.25) is 0 Å². The van der Waals surface area contributed by atoms with E-state index in [1.165, 1.54) is 12.1 Å². The molecule has 0 unspecified atom stereocenters. The number of anilines is 1. The van der Waals surface area contributed by atoms with Gasteiger partial charge in [-0.15, -0.1) is 20.4 Å². The van der Waals surface area contributed by atoms with E-state index in [4.69, 9.17) is 0 Å². The van der Waals surface area contributed by atoms with Crippen LogP contribution in [0.1, 0.15) is 0 Å². The molecule has 0 amide bonds. The molecule has 0 spiro atoms. The Hall–Kier alpha value is -2.11. The normalized spacial score (nSPS) is 10.0. The van der Waals surface area contributed by atoms with Gasteiger partial charge in [0.25, 0.3) is 5.95 Å². The van der Waals surface area contributed by atoms with Gasteiger partial charge in [0.1, 0.15) is 5.82 Å². The van der Waals surface area contributed by atoms with Gasteiger partial charge in [-0.05, 0) is 24.3 Å². The molecule has 76 valence electrons. The summed E-state index contributed by atoms with van der Waals surface area (Å²) in [4.78, 5) is 0. The lowest BCUT2D eigenvalue weighted by atomic mass is 10.2. The van der Waals surface area contributed by atoms with E-state index in [9.17, 15) is 4.39 Å². The summed E-state index contributed by atoms with van der Waals surface area (Å²) in [5.74, 6) is 0.418. The smallest absolute Gasteiger partial charge is 0.261 e. The lowest BCUT2D eigenvalue weighted by molar-refractivity contribution is 0.628. The Labute approximate surface area is 85.4 Å². The standard InChI is InChI=1S/C9H8FN5/c1-11-9-14-12-8(13-15-9)6-2-4-7(10)5-3-6/h2-5H,1H3,(H,11,14,15). The first-order valence-electron chi connectivity index (χ1n) is 4.30. The average molecular weight is 205 g/mol. The van der Waals surface area contributed by atoms with Gasteiger partial charge in [0, 0.05) is 12.6 Å². The van der Waals surface area contributed by atoms with Gasteiger partial charge < -0.3 is 5.32 Å². The van der Waals surface area contributed by atoms with Crippen molar-refractivity contribution in [3.63, 3.8) is 0 Å². The van der Waals surface area contributed by atoms with Gasteiger partial charge in [0.05, 0.1) is 0 Å². The number of hydrogen-bond acceptors (Lipinski definition) is 5. The van der Waals surface area contributed by atoms with Crippen molar-refractivity contribution in [3.8, 4) is 11.4 Å². The molecule has 0 saturated heterocycles. The van der Waals surface area contributed by atoms with Gasteiger partial charge in [0.15, 0.2) is 0 Å². The predicted molar refractivity (Wildman–Crippen MR) is 52.6 cm³/mol. The first-order valence-corrected chi connectivity index (χ1v) is 4.30. The summed E-state index contributed by atoms with van der Waals surface area (Å²) in [6.07, 6.45) is 0. The summed E-state index contributed by atoms with van der Waals surface area (Å²) in [6.45, 7) is 0. The van der Waals surface area contributed by atoms with Gasteiger partial charge in [-0.2, -0.15) is 0 Å². The van der Waals surface area contributed by atoms with Crippen molar-refractivity contribution in [3.05, 3.63) is 30.1 Å². The zero-order valence-corrected chi connectivity index (χ0v) is 7.98. The van der Waals surface area contributed by atoms with E-state index in [2.05, 4.69) is 25.7 Å². The van der Waals surface area contributed by atoms with Crippen LogP contribution >= 0.6 is 0 Å². The lowest BCUT2D eigenvalue weighted by Crippen LogP contribution is -2.02. The third-order valence-electron chi connectivity index (χ3n) is 1.80. The average Bonchev–Trinajstić information content (AvgIpc) is 2.30. The molecule has 0 aliphatic carbocycles. The van der Waals surface area contributed by atoms with Crippen LogP contribution < -0.4 is 5.32 Å². The Morgan fingerprint density at radius 3 is 2.13 bits per heavy atom. The second kappa shape index (κ2) is 3.95. The fraction of sp³-hybridized carbons (Fsp3) is 0.111. The maximum Gasteiger partial charge on any atom is 0.261 e. The fourth-order valence-corrected chi connectivity index (χ4v) is 1.04. The van der Waals surface area contributed by atoms with Crippen LogP contribution in [0.3, 0.4) is 0 Å². The quantitative estimate of drug-likeness (QED) is 0.795. The molecule has 5 nitrogen and oxygen atoms in total. The van der Waals surface area contributed by atoms with Crippen LogP contribution in [0.4, 0.5) is 10.3 Å². The molecule has 0 radical (unpaired) electrons. The molecule has 0 aliphatic heterocycles. The van der Waals surface area contributed by atoms with Crippen LogP contribution in [0.25, 0.3) is 11.4 Å². The molecule has 2 aromatic rings. The number of nitrogens with zero attached hydrogens (tertiary/aromatic N) is 4. The van der Waals surface area contributed by atoms with E-state index in [0.29, 0.717) is 17.3 Å². The molecule has 0 saturated carbocycles. The number of rotatable bonds is 2. The Balaban J connectivity index is 2.33. The van der Waals surface area contributed by atoms with E-state index in [1.807, 2.05) is 0 Å². The Morgan fingerprint density at radius 1 is 1.00 bits per heavy atom. The minimum absolute atomic E-state index is 0.300. The number of benzene rings is 1. The SMILES string of the molecule is CNc1nnc(-c2ccc(F)cc2)nn1. The largest absolute Gasteiger partial charge is 0.355 e. The highest BCUT2D eigenvalue weighted by Gasteiger charge is 2.03. The number of hydrogen-bond donors (Lipinski definition) is 1. The van der Waals surface area contributed by atoms with Crippen LogP contribution in [0.5, 0.6) is 0 Å². The molecule has 1 heterocycles. The molecular weight excluding hydrogens is 197 g/mol. The molecule has 1 aromatic heterocycles. The maximum absolute atomic E-state index is 12.6. The minimum atomic E-state index is -0.300. The van der Waals surface area contributed by atoms with Crippen molar-refractivity contribution in [1.82, 2.24) is 20.4 Å². The second-order valence-electron chi connectivity index (χ2n) is 2.80. The van der Waals surface area contributed by atoms with Crippen molar-refractivity contribution in [2.24, 2.45) is 0 Å². The third-order valence-corrected chi connectivity index (χ3v) is 1.80. The van der Waals surface area contributed by atoms with E-state index in [0.717, 1.165) is 0 Å². The highest BCUT2D eigenvalue weighted by atomic mass is 19.1. The molecule has 0 atom stereocenters. The summed E-state index contributed by atoms with van der Waals surface area (Å²) in [5.41, 5.74) is 0.680.